The van der Waals surface area contributed by atoms with Gasteiger partial charge < -0.3 is 10.1 Å². The first-order valence-corrected chi connectivity index (χ1v) is 7.74. The molecule has 1 aromatic heterocycles. The van der Waals surface area contributed by atoms with Gasteiger partial charge in [-0.15, -0.1) is 5.10 Å². The van der Waals surface area contributed by atoms with Crippen LogP contribution in [0.1, 0.15) is 21.7 Å². The van der Waals surface area contributed by atoms with Crippen molar-refractivity contribution >= 4 is 11.6 Å². The predicted molar refractivity (Wildman–Crippen MR) is 91.7 cm³/mol. The van der Waals surface area contributed by atoms with Crippen molar-refractivity contribution in [1.29, 1.82) is 0 Å². The van der Waals surface area contributed by atoms with Crippen molar-refractivity contribution in [2.75, 3.05) is 12.4 Å². The molecule has 0 saturated heterocycles. The molecule has 134 valence electrons. The molecule has 6 nitrogen and oxygen atoms in total. The Balaban J connectivity index is 1.94. The van der Waals surface area contributed by atoms with Gasteiger partial charge >= 0.3 is 0 Å². The van der Waals surface area contributed by atoms with Crippen LogP contribution in [0.2, 0.25) is 0 Å². The van der Waals surface area contributed by atoms with Crippen LogP contribution in [-0.4, -0.2) is 28.0 Å². The van der Waals surface area contributed by atoms with Gasteiger partial charge in [-0.1, -0.05) is 11.3 Å². The Morgan fingerprint density at radius 2 is 1.92 bits per heavy atom. The third kappa shape index (κ3) is 3.26. The van der Waals surface area contributed by atoms with E-state index in [0.29, 0.717) is 23.2 Å². The van der Waals surface area contributed by atoms with Crippen LogP contribution in [0.3, 0.4) is 0 Å². The smallest absolute Gasteiger partial charge is 0.278 e. The molecule has 1 heterocycles. The monoisotopic (exact) mass is 358 g/mol. The molecule has 0 radical (unpaired) electrons. The Hall–Kier alpha value is -3.29. The van der Waals surface area contributed by atoms with Crippen LogP contribution >= 0.6 is 0 Å². The molecule has 1 N–H and O–H groups in total. The molecular formula is C18H16F2N4O2. The summed E-state index contributed by atoms with van der Waals surface area (Å²) < 4.78 is 33.5. The SMILES string of the molecule is COc1ccc(C)cc1-n1nnc(C(=O)Nc2ccc(F)cc2F)c1C. The standard InChI is InChI=1S/C18H16F2N4O2/c1-10-4-7-16(26-3)15(8-10)24-11(2)17(22-23-24)18(25)21-14-6-5-12(19)9-13(14)20/h4-9H,1-3H3,(H,21,25). The molecule has 8 heteroatoms. The second-order valence-electron chi connectivity index (χ2n) is 5.69. The molecule has 0 fully saturated rings. The van der Waals surface area contributed by atoms with E-state index in [4.69, 9.17) is 4.74 Å². The zero-order valence-electron chi connectivity index (χ0n) is 14.4. The first kappa shape index (κ1) is 17.5. The molecule has 2 aromatic carbocycles. The minimum Gasteiger partial charge on any atom is -0.494 e. The zero-order valence-corrected chi connectivity index (χ0v) is 14.4. The Bertz CT molecular complexity index is 985. The summed E-state index contributed by atoms with van der Waals surface area (Å²) >= 11 is 0. The summed E-state index contributed by atoms with van der Waals surface area (Å²) in [5.74, 6) is -1.68. The minimum absolute atomic E-state index is 0.0253. The molecule has 0 bridgehead atoms. The lowest BCUT2D eigenvalue weighted by atomic mass is 10.2. The number of carbonyl (C=O) groups is 1. The van der Waals surface area contributed by atoms with Crippen LogP contribution in [0.15, 0.2) is 36.4 Å². The number of hydrogen-bond acceptors (Lipinski definition) is 4. The molecule has 1 amide bonds. The Kier molecular flexibility index (Phi) is 4.66. The lowest BCUT2D eigenvalue weighted by molar-refractivity contribution is 0.102. The number of ether oxygens (including phenoxy) is 1. The summed E-state index contributed by atoms with van der Waals surface area (Å²) in [4.78, 5) is 12.4. The number of benzene rings is 2. The van der Waals surface area contributed by atoms with Crippen molar-refractivity contribution in [3.8, 4) is 11.4 Å². The van der Waals surface area contributed by atoms with Crippen molar-refractivity contribution in [2.45, 2.75) is 13.8 Å². The highest BCUT2D eigenvalue weighted by Crippen LogP contribution is 2.25. The van der Waals surface area contributed by atoms with Crippen molar-refractivity contribution < 1.29 is 18.3 Å². The Morgan fingerprint density at radius 3 is 2.62 bits per heavy atom. The summed E-state index contributed by atoms with van der Waals surface area (Å²) in [5.41, 5.74) is 1.95. The van der Waals surface area contributed by atoms with E-state index in [0.717, 1.165) is 17.7 Å². The summed E-state index contributed by atoms with van der Waals surface area (Å²) in [7, 11) is 1.53. The largest absolute Gasteiger partial charge is 0.494 e. The molecular weight excluding hydrogens is 342 g/mol. The van der Waals surface area contributed by atoms with Gasteiger partial charge in [-0.05, 0) is 43.7 Å². The van der Waals surface area contributed by atoms with E-state index in [1.807, 2.05) is 19.1 Å². The number of nitrogens with one attached hydrogen (secondary N) is 1. The number of rotatable bonds is 4. The molecule has 0 atom stereocenters. The highest BCUT2D eigenvalue weighted by atomic mass is 19.1. The fourth-order valence-corrected chi connectivity index (χ4v) is 2.51. The number of methoxy groups -OCH3 is 1. The average Bonchev–Trinajstić information content (AvgIpc) is 2.98. The van der Waals surface area contributed by atoms with Crippen LogP contribution < -0.4 is 10.1 Å². The molecule has 0 aliphatic carbocycles. The third-order valence-corrected chi connectivity index (χ3v) is 3.85. The second-order valence-corrected chi connectivity index (χ2v) is 5.69. The lowest BCUT2D eigenvalue weighted by Gasteiger charge is -2.10. The fourth-order valence-electron chi connectivity index (χ4n) is 2.51. The van der Waals surface area contributed by atoms with Crippen LogP contribution in [0, 0.1) is 25.5 Å². The Labute approximate surface area is 148 Å². The molecule has 26 heavy (non-hydrogen) atoms. The number of aryl methyl sites for hydroxylation is 1. The number of nitrogens with zero attached hydrogens (tertiary/aromatic N) is 3. The molecule has 0 saturated carbocycles. The van der Waals surface area contributed by atoms with Crippen LogP contribution in [0.5, 0.6) is 5.75 Å². The molecule has 3 aromatic rings. The van der Waals surface area contributed by atoms with Gasteiger partial charge in [0, 0.05) is 6.07 Å². The first-order chi connectivity index (χ1) is 12.4. The van der Waals surface area contributed by atoms with Gasteiger partial charge in [0.2, 0.25) is 0 Å². The van der Waals surface area contributed by atoms with Gasteiger partial charge in [0.15, 0.2) is 5.69 Å². The number of aromatic nitrogens is 3. The van der Waals surface area contributed by atoms with Gasteiger partial charge in [0.05, 0.1) is 18.5 Å². The number of carbonyl (C=O) groups excluding carboxylic acids is 1. The van der Waals surface area contributed by atoms with Crippen molar-refractivity contribution in [2.24, 2.45) is 0 Å². The number of amides is 1. The molecule has 0 aliphatic heterocycles. The van der Waals surface area contributed by atoms with E-state index in [-0.39, 0.29) is 11.4 Å². The van der Waals surface area contributed by atoms with Crippen LogP contribution in [0.25, 0.3) is 5.69 Å². The van der Waals surface area contributed by atoms with Gasteiger partial charge in [-0.2, -0.15) is 0 Å². The van der Waals surface area contributed by atoms with Crippen LogP contribution in [0.4, 0.5) is 14.5 Å². The van der Waals surface area contributed by atoms with Crippen LogP contribution in [-0.2, 0) is 0 Å². The maximum Gasteiger partial charge on any atom is 0.278 e. The summed E-state index contributed by atoms with van der Waals surface area (Å²) in [6.07, 6.45) is 0. The topological polar surface area (TPSA) is 69.0 Å². The second kappa shape index (κ2) is 6.91. The number of anilines is 1. The molecule has 0 aliphatic rings. The molecule has 0 spiro atoms. The molecule has 3 rings (SSSR count). The van der Waals surface area contributed by atoms with Gasteiger partial charge in [-0.25, -0.2) is 13.5 Å². The summed E-state index contributed by atoms with van der Waals surface area (Å²) in [5, 5.41) is 10.3. The quantitative estimate of drug-likeness (QED) is 0.776. The number of halogens is 2. The van der Waals surface area contributed by atoms with Crippen molar-refractivity contribution in [1.82, 2.24) is 15.0 Å². The summed E-state index contributed by atoms with van der Waals surface area (Å²) in [6.45, 7) is 3.58. The van der Waals surface area contributed by atoms with Crippen molar-refractivity contribution in [3.63, 3.8) is 0 Å². The van der Waals surface area contributed by atoms with Gasteiger partial charge in [0.25, 0.3) is 5.91 Å². The Morgan fingerprint density at radius 1 is 1.15 bits per heavy atom. The summed E-state index contributed by atoms with van der Waals surface area (Å²) in [6, 6.07) is 8.42. The normalized spacial score (nSPS) is 10.7. The van der Waals surface area contributed by atoms with E-state index >= 15 is 0 Å². The van der Waals surface area contributed by atoms with E-state index in [1.165, 1.54) is 11.8 Å². The highest BCUT2D eigenvalue weighted by molar-refractivity contribution is 6.03. The fraction of sp³-hybridized carbons (Fsp3) is 0.167. The van der Waals surface area contributed by atoms with Crippen molar-refractivity contribution in [3.05, 3.63) is 65.0 Å². The predicted octanol–water partition coefficient (Wildman–Crippen LogP) is 3.42. The molecule has 0 unspecified atom stereocenters. The minimum atomic E-state index is -0.872. The maximum atomic E-state index is 13.7. The van der Waals surface area contributed by atoms with E-state index in [1.54, 1.807) is 13.0 Å². The average molecular weight is 358 g/mol. The lowest BCUT2D eigenvalue weighted by Crippen LogP contribution is -2.15. The zero-order chi connectivity index (χ0) is 18.8. The van der Waals surface area contributed by atoms with E-state index in [9.17, 15) is 13.6 Å². The first-order valence-electron chi connectivity index (χ1n) is 7.74. The third-order valence-electron chi connectivity index (χ3n) is 3.85. The van der Waals surface area contributed by atoms with Gasteiger partial charge in [0.1, 0.15) is 23.1 Å². The van der Waals surface area contributed by atoms with Gasteiger partial charge in [-0.3, -0.25) is 4.79 Å². The van der Waals surface area contributed by atoms with E-state index in [2.05, 4.69) is 15.6 Å². The highest BCUT2D eigenvalue weighted by Gasteiger charge is 2.20. The maximum absolute atomic E-state index is 13.7. The number of hydrogen-bond donors (Lipinski definition) is 1. The van der Waals surface area contributed by atoms with E-state index < -0.39 is 17.5 Å².